The predicted octanol–water partition coefficient (Wildman–Crippen LogP) is 4.48. The average Bonchev–Trinajstić information content (AvgIpc) is 2.73. The number of amides is 2. The van der Waals surface area contributed by atoms with Gasteiger partial charge in [-0.25, -0.2) is 0 Å². The number of nitrogens with zero attached hydrogens (tertiary/aromatic N) is 2. The Balaban J connectivity index is 1.61. The molecule has 1 saturated heterocycles. The van der Waals surface area contributed by atoms with Gasteiger partial charge in [0.1, 0.15) is 0 Å². The van der Waals surface area contributed by atoms with Crippen LogP contribution >= 0.6 is 0 Å². The monoisotopic (exact) mass is 402 g/mol. The van der Waals surface area contributed by atoms with Crippen molar-refractivity contribution in [3.8, 4) is 0 Å². The van der Waals surface area contributed by atoms with Crippen LogP contribution in [-0.2, 0) is 9.59 Å². The normalized spacial score (nSPS) is 19.6. The van der Waals surface area contributed by atoms with Crippen molar-refractivity contribution in [2.24, 2.45) is 0 Å². The first-order valence-electron chi connectivity index (χ1n) is 10.4. The number of aryl methyl sites for hydroxylation is 2. The van der Waals surface area contributed by atoms with Crippen LogP contribution in [0.2, 0.25) is 0 Å². The summed E-state index contributed by atoms with van der Waals surface area (Å²) in [5.74, 6) is -0.0329. The third kappa shape index (κ3) is 5.47. The van der Waals surface area contributed by atoms with Crippen molar-refractivity contribution < 1.29 is 9.59 Å². The third-order valence-corrected chi connectivity index (χ3v) is 5.54. The number of carbonyl (C=O) groups excluding carboxylic acids is 2. The Bertz CT molecular complexity index is 863. The number of benzene rings is 2. The second kappa shape index (κ2) is 9.57. The Morgan fingerprint density at radius 1 is 0.700 bits per heavy atom. The first kappa shape index (κ1) is 21.6. The molecule has 1 fully saturated rings. The molecule has 0 aliphatic carbocycles. The van der Waals surface area contributed by atoms with Crippen LogP contribution in [-0.4, -0.2) is 46.8 Å². The summed E-state index contributed by atoms with van der Waals surface area (Å²) in [5.41, 5.74) is 4.39. The second-order valence-electron chi connectivity index (χ2n) is 8.17. The van der Waals surface area contributed by atoms with Gasteiger partial charge in [-0.2, -0.15) is 0 Å². The molecule has 2 atom stereocenters. The van der Waals surface area contributed by atoms with Crippen molar-refractivity contribution >= 4 is 24.0 Å². The van der Waals surface area contributed by atoms with E-state index in [1.165, 1.54) is 11.1 Å². The van der Waals surface area contributed by atoms with Crippen LogP contribution in [0.3, 0.4) is 0 Å². The van der Waals surface area contributed by atoms with E-state index >= 15 is 0 Å². The van der Waals surface area contributed by atoms with Crippen LogP contribution in [0.5, 0.6) is 0 Å². The minimum Gasteiger partial charge on any atom is -0.333 e. The van der Waals surface area contributed by atoms with Gasteiger partial charge in [-0.1, -0.05) is 59.7 Å². The Morgan fingerprint density at radius 2 is 1.03 bits per heavy atom. The molecule has 0 saturated carbocycles. The standard InChI is InChI=1S/C26H30N2O2/c1-19-5-9-23(10-6-19)13-15-25(29)27-17-22(4)28(18-21(27)3)26(30)16-14-24-11-7-20(2)8-12-24/h5-16,21-22H,17-18H2,1-4H3/b15-13+,16-14+. The van der Waals surface area contributed by atoms with Crippen LogP contribution in [0.4, 0.5) is 0 Å². The minimum absolute atomic E-state index is 0.0165. The number of carbonyl (C=O) groups is 2. The molecule has 2 aromatic carbocycles. The molecule has 0 radical (unpaired) electrons. The quantitative estimate of drug-likeness (QED) is 0.708. The molecule has 30 heavy (non-hydrogen) atoms. The second-order valence-corrected chi connectivity index (χ2v) is 8.17. The van der Waals surface area contributed by atoms with Gasteiger partial charge < -0.3 is 9.80 Å². The summed E-state index contributed by atoms with van der Waals surface area (Å²) in [5, 5.41) is 0. The van der Waals surface area contributed by atoms with Crippen molar-refractivity contribution in [2.45, 2.75) is 39.8 Å². The zero-order valence-corrected chi connectivity index (χ0v) is 18.2. The van der Waals surface area contributed by atoms with E-state index in [-0.39, 0.29) is 23.9 Å². The maximum Gasteiger partial charge on any atom is 0.246 e. The number of hydrogen-bond acceptors (Lipinski definition) is 2. The molecule has 1 aliphatic heterocycles. The van der Waals surface area contributed by atoms with E-state index < -0.39 is 0 Å². The maximum atomic E-state index is 12.7. The molecule has 1 aliphatic rings. The smallest absolute Gasteiger partial charge is 0.246 e. The lowest BCUT2D eigenvalue weighted by Crippen LogP contribution is -2.59. The largest absolute Gasteiger partial charge is 0.333 e. The molecule has 2 amide bonds. The highest BCUT2D eigenvalue weighted by Crippen LogP contribution is 2.17. The van der Waals surface area contributed by atoms with Crippen LogP contribution in [0.15, 0.2) is 60.7 Å². The Hall–Kier alpha value is -3.14. The van der Waals surface area contributed by atoms with Crippen molar-refractivity contribution in [3.05, 3.63) is 82.9 Å². The highest BCUT2D eigenvalue weighted by Gasteiger charge is 2.32. The summed E-state index contributed by atoms with van der Waals surface area (Å²) in [7, 11) is 0. The van der Waals surface area contributed by atoms with Crippen molar-refractivity contribution in [1.29, 1.82) is 0 Å². The maximum absolute atomic E-state index is 12.7. The molecule has 156 valence electrons. The van der Waals surface area contributed by atoms with Crippen LogP contribution in [0.25, 0.3) is 12.2 Å². The number of rotatable bonds is 4. The molecule has 2 aromatic rings. The van der Waals surface area contributed by atoms with E-state index in [4.69, 9.17) is 0 Å². The summed E-state index contributed by atoms with van der Waals surface area (Å²) in [6.07, 6.45) is 6.95. The van der Waals surface area contributed by atoms with Gasteiger partial charge in [0.05, 0.1) is 0 Å². The van der Waals surface area contributed by atoms with Gasteiger partial charge in [0.25, 0.3) is 0 Å². The number of hydrogen-bond donors (Lipinski definition) is 0. The van der Waals surface area contributed by atoms with Crippen LogP contribution < -0.4 is 0 Å². The Labute approximate surface area is 179 Å². The highest BCUT2D eigenvalue weighted by atomic mass is 16.2. The summed E-state index contributed by atoms with van der Waals surface area (Å²) in [6, 6.07) is 16.1. The van der Waals surface area contributed by atoms with Gasteiger partial charge in [0.2, 0.25) is 11.8 Å². The molecule has 4 nitrogen and oxygen atoms in total. The summed E-state index contributed by atoms with van der Waals surface area (Å²) in [6.45, 7) is 9.13. The fourth-order valence-corrected chi connectivity index (χ4v) is 3.62. The molecule has 0 N–H and O–H groups in total. The van der Waals surface area contributed by atoms with E-state index in [9.17, 15) is 9.59 Å². The zero-order chi connectivity index (χ0) is 21.7. The zero-order valence-electron chi connectivity index (χ0n) is 18.2. The molecule has 0 spiro atoms. The Morgan fingerprint density at radius 3 is 1.37 bits per heavy atom. The molecular formula is C26H30N2O2. The van der Waals surface area contributed by atoms with E-state index in [0.29, 0.717) is 13.1 Å². The lowest BCUT2D eigenvalue weighted by atomic mass is 10.1. The van der Waals surface area contributed by atoms with Crippen LogP contribution in [0.1, 0.15) is 36.1 Å². The molecule has 4 heteroatoms. The highest BCUT2D eigenvalue weighted by molar-refractivity contribution is 5.94. The van der Waals surface area contributed by atoms with E-state index in [2.05, 4.69) is 0 Å². The van der Waals surface area contributed by atoms with E-state index in [0.717, 1.165) is 11.1 Å². The van der Waals surface area contributed by atoms with E-state index in [1.807, 2.05) is 98.2 Å². The molecule has 0 bridgehead atoms. The first-order chi connectivity index (χ1) is 14.3. The van der Waals surface area contributed by atoms with E-state index in [1.54, 1.807) is 12.2 Å². The predicted molar refractivity (Wildman–Crippen MR) is 123 cm³/mol. The van der Waals surface area contributed by atoms with Gasteiger partial charge in [0, 0.05) is 37.3 Å². The summed E-state index contributed by atoms with van der Waals surface area (Å²) >= 11 is 0. The minimum atomic E-state index is -0.0342. The molecule has 1 heterocycles. The lowest BCUT2D eigenvalue weighted by molar-refractivity contribution is -0.139. The molecule has 0 aromatic heterocycles. The first-order valence-corrected chi connectivity index (χ1v) is 10.4. The van der Waals surface area contributed by atoms with Crippen LogP contribution in [0, 0.1) is 13.8 Å². The molecule has 2 unspecified atom stereocenters. The van der Waals surface area contributed by atoms with Gasteiger partial charge in [-0.15, -0.1) is 0 Å². The number of piperazine rings is 1. The van der Waals surface area contributed by atoms with Crippen molar-refractivity contribution in [3.63, 3.8) is 0 Å². The summed E-state index contributed by atoms with van der Waals surface area (Å²) < 4.78 is 0. The third-order valence-electron chi connectivity index (χ3n) is 5.54. The van der Waals surface area contributed by atoms with Gasteiger partial charge in [-0.3, -0.25) is 9.59 Å². The van der Waals surface area contributed by atoms with Crippen molar-refractivity contribution in [2.75, 3.05) is 13.1 Å². The molecular weight excluding hydrogens is 372 g/mol. The summed E-state index contributed by atoms with van der Waals surface area (Å²) in [4.78, 5) is 29.2. The average molecular weight is 403 g/mol. The van der Waals surface area contributed by atoms with Crippen molar-refractivity contribution in [1.82, 2.24) is 9.80 Å². The topological polar surface area (TPSA) is 40.6 Å². The fraction of sp³-hybridized carbons (Fsp3) is 0.308. The van der Waals surface area contributed by atoms with Gasteiger partial charge in [0.15, 0.2) is 0 Å². The van der Waals surface area contributed by atoms with Gasteiger partial charge in [-0.05, 0) is 51.0 Å². The SMILES string of the molecule is Cc1ccc(/C=C/C(=O)N2CC(C)N(C(=O)/C=C/c3ccc(C)cc3)CC2C)cc1. The Kier molecular flexibility index (Phi) is 6.88. The molecule has 3 rings (SSSR count). The van der Waals surface area contributed by atoms with Gasteiger partial charge >= 0.3 is 0 Å². The fourth-order valence-electron chi connectivity index (χ4n) is 3.62. The lowest BCUT2D eigenvalue weighted by Gasteiger charge is -2.43.